The van der Waals surface area contributed by atoms with E-state index in [0.29, 0.717) is 6.54 Å². The van der Waals surface area contributed by atoms with Crippen LogP contribution in [0.3, 0.4) is 0 Å². The van der Waals surface area contributed by atoms with Crippen molar-refractivity contribution in [1.29, 1.82) is 0 Å². The number of rotatable bonds is 4. The SMILES string of the molecule is CCCCN=C(NN)N(C)CC(F)(F)F. The van der Waals surface area contributed by atoms with E-state index >= 15 is 0 Å². The van der Waals surface area contributed by atoms with Crippen LogP contribution in [0.1, 0.15) is 19.8 Å². The highest BCUT2D eigenvalue weighted by Gasteiger charge is 2.30. The molecule has 0 bridgehead atoms. The fourth-order valence-corrected chi connectivity index (χ4v) is 0.963. The number of nitrogens with zero attached hydrogens (tertiary/aromatic N) is 2. The molecule has 0 aromatic heterocycles. The second kappa shape index (κ2) is 6.49. The topological polar surface area (TPSA) is 53.6 Å². The Hall–Kier alpha value is -0.980. The molecular formula is C8H17F3N4. The summed E-state index contributed by atoms with van der Waals surface area (Å²) in [5, 5.41) is 0. The Morgan fingerprint density at radius 2 is 2.07 bits per heavy atom. The number of hydrogen-bond donors (Lipinski definition) is 2. The van der Waals surface area contributed by atoms with Crippen LogP contribution in [0, 0.1) is 0 Å². The molecule has 0 heterocycles. The molecule has 4 nitrogen and oxygen atoms in total. The molecule has 0 saturated carbocycles. The van der Waals surface area contributed by atoms with Crippen molar-refractivity contribution in [1.82, 2.24) is 10.3 Å². The third kappa shape index (κ3) is 7.01. The molecule has 90 valence electrons. The standard InChI is InChI=1S/C8H17F3N4/c1-3-4-5-13-7(14-12)15(2)6-8(9,10)11/h3-6,12H2,1-2H3,(H,13,14). The van der Waals surface area contributed by atoms with Crippen molar-refractivity contribution in [2.75, 3.05) is 20.1 Å². The number of nitrogens with one attached hydrogen (secondary N) is 1. The lowest BCUT2D eigenvalue weighted by Gasteiger charge is -2.21. The highest BCUT2D eigenvalue weighted by molar-refractivity contribution is 5.79. The van der Waals surface area contributed by atoms with Crippen LogP contribution in [0.25, 0.3) is 0 Å². The predicted octanol–water partition coefficient (Wildman–Crippen LogP) is 1.10. The molecule has 0 rings (SSSR count). The molecule has 0 spiro atoms. The Morgan fingerprint density at radius 3 is 2.47 bits per heavy atom. The highest BCUT2D eigenvalue weighted by Crippen LogP contribution is 2.15. The molecule has 0 radical (unpaired) electrons. The molecule has 0 aromatic carbocycles. The average Bonchev–Trinajstić information content (AvgIpc) is 2.09. The van der Waals surface area contributed by atoms with E-state index < -0.39 is 12.7 Å². The summed E-state index contributed by atoms with van der Waals surface area (Å²) in [6.07, 6.45) is -2.49. The van der Waals surface area contributed by atoms with E-state index in [-0.39, 0.29) is 5.96 Å². The lowest BCUT2D eigenvalue weighted by molar-refractivity contribution is -0.136. The Balaban J connectivity index is 4.21. The van der Waals surface area contributed by atoms with E-state index in [1.165, 1.54) is 7.05 Å². The van der Waals surface area contributed by atoms with Crippen molar-refractivity contribution < 1.29 is 13.2 Å². The maximum Gasteiger partial charge on any atom is 0.406 e. The Bertz CT molecular complexity index is 203. The highest BCUT2D eigenvalue weighted by atomic mass is 19.4. The van der Waals surface area contributed by atoms with Crippen LogP contribution in [0.5, 0.6) is 0 Å². The van der Waals surface area contributed by atoms with Crippen LogP contribution in [0.4, 0.5) is 13.2 Å². The van der Waals surface area contributed by atoms with Crippen LogP contribution in [-0.4, -0.2) is 37.2 Å². The minimum Gasteiger partial charge on any atom is -0.336 e. The lowest BCUT2D eigenvalue weighted by atomic mass is 10.3. The van der Waals surface area contributed by atoms with Crippen LogP contribution in [0.15, 0.2) is 4.99 Å². The predicted molar refractivity (Wildman–Crippen MR) is 53.2 cm³/mol. The van der Waals surface area contributed by atoms with Gasteiger partial charge in [0.15, 0.2) is 0 Å². The van der Waals surface area contributed by atoms with E-state index in [2.05, 4.69) is 10.4 Å². The largest absolute Gasteiger partial charge is 0.406 e. The van der Waals surface area contributed by atoms with Gasteiger partial charge in [0.25, 0.3) is 0 Å². The number of alkyl halides is 3. The lowest BCUT2D eigenvalue weighted by Crippen LogP contribution is -2.46. The van der Waals surface area contributed by atoms with Crippen LogP contribution in [-0.2, 0) is 0 Å². The van der Waals surface area contributed by atoms with E-state index in [4.69, 9.17) is 5.84 Å². The first-order chi connectivity index (χ1) is 6.90. The van der Waals surface area contributed by atoms with Gasteiger partial charge in [0.05, 0.1) is 0 Å². The summed E-state index contributed by atoms with van der Waals surface area (Å²) in [5.41, 5.74) is 2.16. The summed E-state index contributed by atoms with van der Waals surface area (Å²) in [6, 6.07) is 0. The third-order valence-electron chi connectivity index (χ3n) is 1.68. The van der Waals surface area contributed by atoms with Crippen molar-refractivity contribution in [2.24, 2.45) is 10.8 Å². The molecule has 0 atom stereocenters. The number of hydrogen-bond acceptors (Lipinski definition) is 2. The Labute approximate surface area is 87.3 Å². The van der Waals surface area contributed by atoms with Crippen molar-refractivity contribution >= 4 is 5.96 Å². The van der Waals surface area contributed by atoms with Gasteiger partial charge < -0.3 is 4.90 Å². The molecule has 0 aromatic rings. The minimum atomic E-state index is -4.25. The molecule has 0 saturated heterocycles. The first kappa shape index (κ1) is 14.0. The first-order valence-corrected chi connectivity index (χ1v) is 4.69. The number of halogens is 3. The third-order valence-corrected chi connectivity index (χ3v) is 1.68. The molecule has 0 unspecified atom stereocenters. The summed E-state index contributed by atoms with van der Waals surface area (Å²) < 4.78 is 36.1. The number of aliphatic imine (C=N–C) groups is 1. The van der Waals surface area contributed by atoms with Crippen LogP contribution < -0.4 is 11.3 Å². The van der Waals surface area contributed by atoms with Gasteiger partial charge in [-0.1, -0.05) is 13.3 Å². The van der Waals surface area contributed by atoms with Gasteiger partial charge in [0.2, 0.25) is 5.96 Å². The van der Waals surface area contributed by atoms with Gasteiger partial charge in [-0.05, 0) is 6.42 Å². The first-order valence-electron chi connectivity index (χ1n) is 4.69. The molecule has 15 heavy (non-hydrogen) atoms. The van der Waals surface area contributed by atoms with Crippen LogP contribution in [0.2, 0.25) is 0 Å². The molecule has 0 aliphatic carbocycles. The monoisotopic (exact) mass is 226 g/mol. The van der Waals surface area contributed by atoms with Gasteiger partial charge in [-0.2, -0.15) is 13.2 Å². The number of nitrogens with two attached hydrogens (primary N) is 1. The van der Waals surface area contributed by atoms with Gasteiger partial charge in [-0.3, -0.25) is 10.4 Å². The van der Waals surface area contributed by atoms with Gasteiger partial charge in [-0.15, -0.1) is 0 Å². The quantitative estimate of drug-likeness (QED) is 0.248. The van der Waals surface area contributed by atoms with Crippen LogP contribution >= 0.6 is 0 Å². The van der Waals surface area contributed by atoms with Crippen molar-refractivity contribution in [3.05, 3.63) is 0 Å². The van der Waals surface area contributed by atoms with E-state index in [9.17, 15) is 13.2 Å². The zero-order valence-electron chi connectivity index (χ0n) is 8.93. The Kier molecular flexibility index (Phi) is 6.07. The normalized spacial score (nSPS) is 12.8. The van der Waals surface area contributed by atoms with Crippen molar-refractivity contribution in [3.8, 4) is 0 Å². The van der Waals surface area contributed by atoms with E-state index in [1.54, 1.807) is 0 Å². The maximum absolute atomic E-state index is 12.0. The fraction of sp³-hybridized carbons (Fsp3) is 0.875. The summed E-state index contributed by atoms with van der Waals surface area (Å²) in [7, 11) is 1.29. The zero-order valence-corrected chi connectivity index (χ0v) is 8.93. The molecule has 0 aliphatic rings. The van der Waals surface area contributed by atoms with E-state index in [0.717, 1.165) is 17.7 Å². The van der Waals surface area contributed by atoms with Crippen molar-refractivity contribution in [2.45, 2.75) is 25.9 Å². The fourth-order valence-electron chi connectivity index (χ4n) is 0.963. The molecule has 0 aliphatic heterocycles. The minimum absolute atomic E-state index is 0.0563. The van der Waals surface area contributed by atoms with Crippen molar-refractivity contribution in [3.63, 3.8) is 0 Å². The molecule has 7 heteroatoms. The zero-order chi connectivity index (χ0) is 11.9. The average molecular weight is 226 g/mol. The molecule has 0 amide bonds. The number of unbranched alkanes of at least 4 members (excludes halogenated alkanes) is 1. The summed E-state index contributed by atoms with van der Waals surface area (Å²) in [5.74, 6) is 5.14. The smallest absolute Gasteiger partial charge is 0.336 e. The molecule has 3 N–H and O–H groups in total. The second-order valence-electron chi connectivity index (χ2n) is 3.17. The number of guanidine groups is 1. The second-order valence-corrected chi connectivity index (χ2v) is 3.17. The molecular weight excluding hydrogens is 209 g/mol. The van der Waals surface area contributed by atoms with Gasteiger partial charge in [-0.25, -0.2) is 5.84 Å². The summed E-state index contributed by atoms with van der Waals surface area (Å²) in [4.78, 5) is 4.86. The molecule has 0 fully saturated rings. The van der Waals surface area contributed by atoms with Gasteiger partial charge >= 0.3 is 6.18 Å². The number of hydrazine groups is 1. The Morgan fingerprint density at radius 1 is 1.47 bits per heavy atom. The van der Waals surface area contributed by atoms with Gasteiger partial charge in [0, 0.05) is 13.6 Å². The summed E-state index contributed by atoms with van der Waals surface area (Å²) in [6.45, 7) is 1.38. The van der Waals surface area contributed by atoms with E-state index in [1.807, 2.05) is 6.92 Å². The van der Waals surface area contributed by atoms with Gasteiger partial charge in [0.1, 0.15) is 6.54 Å². The summed E-state index contributed by atoms with van der Waals surface area (Å²) >= 11 is 0. The maximum atomic E-state index is 12.0.